The summed E-state index contributed by atoms with van der Waals surface area (Å²) in [4.78, 5) is 12.0. The lowest BCUT2D eigenvalue weighted by atomic mass is 9.88. The topological polar surface area (TPSA) is 55.1 Å². The second-order valence-corrected chi connectivity index (χ2v) is 5.67. The van der Waals surface area contributed by atoms with Gasteiger partial charge in [0.25, 0.3) is 5.91 Å². The molecule has 0 aliphatic heterocycles. The Kier molecular flexibility index (Phi) is 4.04. The Morgan fingerprint density at radius 1 is 1.41 bits per heavy atom. The van der Waals surface area contributed by atoms with Gasteiger partial charge in [0.2, 0.25) is 0 Å². The van der Waals surface area contributed by atoms with Gasteiger partial charge in [-0.2, -0.15) is 0 Å². The Hall–Kier alpha value is -1.22. The number of nitrogen functional groups attached to an aromatic ring is 1. The van der Waals surface area contributed by atoms with Crippen molar-refractivity contribution in [3.05, 3.63) is 28.8 Å². The van der Waals surface area contributed by atoms with Crippen LogP contribution in [0.25, 0.3) is 0 Å². The monoisotopic (exact) mass is 254 g/mol. The number of rotatable bonds is 2. The van der Waals surface area contributed by atoms with Gasteiger partial charge >= 0.3 is 0 Å². The molecule has 0 bridgehead atoms. The number of carbonyl (C=O) groups is 1. The fraction of sp³-hybridized carbons (Fsp3) is 0.462. The van der Waals surface area contributed by atoms with E-state index in [4.69, 9.17) is 17.3 Å². The van der Waals surface area contributed by atoms with Crippen molar-refractivity contribution in [3.63, 3.8) is 0 Å². The summed E-state index contributed by atoms with van der Waals surface area (Å²) in [5, 5.41) is 3.33. The van der Waals surface area contributed by atoms with Crippen LogP contribution in [0.1, 0.15) is 38.1 Å². The van der Waals surface area contributed by atoms with Gasteiger partial charge in [0.1, 0.15) is 0 Å². The van der Waals surface area contributed by atoms with Crippen LogP contribution in [0.4, 0.5) is 5.69 Å². The van der Waals surface area contributed by atoms with E-state index in [0.29, 0.717) is 16.3 Å². The zero-order valence-electron chi connectivity index (χ0n) is 10.7. The average Bonchev–Trinajstić information content (AvgIpc) is 2.20. The number of nitrogens with two attached hydrogens (primary N) is 1. The van der Waals surface area contributed by atoms with Gasteiger partial charge in [0, 0.05) is 6.04 Å². The average molecular weight is 255 g/mol. The van der Waals surface area contributed by atoms with E-state index in [1.807, 2.05) is 6.92 Å². The highest BCUT2D eigenvalue weighted by Crippen LogP contribution is 2.24. The Bertz CT molecular complexity index is 424. The van der Waals surface area contributed by atoms with E-state index in [1.54, 1.807) is 18.2 Å². The number of carbonyl (C=O) groups excluding carboxylic acids is 1. The van der Waals surface area contributed by atoms with Crippen molar-refractivity contribution in [2.45, 2.75) is 33.7 Å². The SMILES string of the molecule is CC(NC(=O)c1cccc(Cl)c1N)C(C)(C)C. The molecule has 0 aliphatic carbocycles. The summed E-state index contributed by atoms with van der Waals surface area (Å²) in [6, 6.07) is 5.11. The lowest BCUT2D eigenvalue weighted by Gasteiger charge is -2.28. The van der Waals surface area contributed by atoms with Crippen LogP contribution in [0.3, 0.4) is 0 Å². The minimum atomic E-state index is -0.188. The lowest BCUT2D eigenvalue weighted by Crippen LogP contribution is -2.41. The van der Waals surface area contributed by atoms with Crippen LogP contribution in [0.5, 0.6) is 0 Å². The van der Waals surface area contributed by atoms with Crippen molar-refractivity contribution in [1.82, 2.24) is 5.32 Å². The van der Waals surface area contributed by atoms with Crippen LogP contribution < -0.4 is 11.1 Å². The largest absolute Gasteiger partial charge is 0.397 e. The molecule has 0 aliphatic rings. The second-order valence-electron chi connectivity index (χ2n) is 5.26. The van der Waals surface area contributed by atoms with Crippen molar-refractivity contribution in [2.24, 2.45) is 5.41 Å². The van der Waals surface area contributed by atoms with Gasteiger partial charge in [-0.3, -0.25) is 4.79 Å². The van der Waals surface area contributed by atoms with Gasteiger partial charge in [0.15, 0.2) is 0 Å². The summed E-state index contributed by atoms with van der Waals surface area (Å²) in [5.74, 6) is -0.188. The third-order valence-corrected chi connectivity index (χ3v) is 3.27. The van der Waals surface area contributed by atoms with Crippen LogP contribution in [-0.4, -0.2) is 11.9 Å². The highest BCUT2D eigenvalue weighted by Gasteiger charge is 2.23. The number of nitrogens with one attached hydrogen (secondary N) is 1. The lowest BCUT2D eigenvalue weighted by molar-refractivity contribution is 0.0911. The van der Waals surface area contributed by atoms with E-state index in [2.05, 4.69) is 26.1 Å². The summed E-state index contributed by atoms with van der Waals surface area (Å²) in [7, 11) is 0. The maximum Gasteiger partial charge on any atom is 0.253 e. The van der Waals surface area contributed by atoms with E-state index in [1.165, 1.54) is 0 Å². The third kappa shape index (κ3) is 3.37. The van der Waals surface area contributed by atoms with Gasteiger partial charge in [0.05, 0.1) is 16.3 Å². The molecule has 1 atom stereocenters. The first kappa shape index (κ1) is 13.8. The van der Waals surface area contributed by atoms with Crippen LogP contribution >= 0.6 is 11.6 Å². The molecule has 0 radical (unpaired) electrons. The molecule has 1 amide bonds. The number of para-hydroxylation sites is 1. The smallest absolute Gasteiger partial charge is 0.253 e. The normalized spacial score (nSPS) is 13.2. The van der Waals surface area contributed by atoms with Crippen molar-refractivity contribution >= 4 is 23.2 Å². The summed E-state index contributed by atoms with van der Waals surface area (Å²) in [6.07, 6.45) is 0. The Labute approximate surface area is 107 Å². The zero-order chi connectivity index (χ0) is 13.2. The molecule has 0 heterocycles. The molecular weight excluding hydrogens is 236 g/mol. The molecule has 0 fully saturated rings. The molecule has 1 aromatic rings. The highest BCUT2D eigenvalue weighted by atomic mass is 35.5. The van der Waals surface area contributed by atoms with E-state index < -0.39 is 0 Å². The zero-order valence-corrected chi connectivity index (χ0v) is 11.4. The van der Waals surface area contributed by atoms with Crippen molar-refractivity contribution < 1.29 is 4.79 Å². The molecule has 0 aromatic heterocycles. The summed E-state index contributed by atoms with van der Waals surface area (Å²) in [6.45, 7) is 8.18. The standard InChI is InChI=1S/C13H19ClN2O/c1-8(13(2,3)4)16-12(17)9-6-5-7-10(14)11(9)15/h5-8H,15H2,1-4H3,(H,16,17). The molecular formula is C13H19ClN2O. The number of halogens is 1. The van der Waals surface area contributed by atoms with Gasteiger partial charge in [-0.1, -0.05) is 38.4 Å². The van der Waals surface area contributed by atoms with Crippen molar-refractivity contribution in [3.8, 4) is 0 Å². The first-order chi connectivity index (χ1) is 7.73. The van der Waals surface area contributed by atoms with Gasteiger partial charge in [-0.25, -0.2) is 0 Å². The molecule has 94 valence electrons. The third-order valence-electron chi connectivity index (χ3n) is 2.94. The molecule has 1 aromatic carbocycles. The summed E-state index contributed by atoms with van der Waals surface area (Å²) in [5.41, 5.74) is 6.53. The Balaban J connectivity index is 2.88. The maximum absolute atomic E-state index is 12.0. The molecule has 3 N–H and O–H groups in total. The van der Waals surface area contributed by atoms with Gasteiger partial charge in [-0.05, 0) is 24.5 Å². The number of benzene rings is 1. The molecule has 0 saturated heterocycles. The number of hydrogen-bond donors (Lipinski definition) is 2. The molecule has 0 spiro atoms. The van der Waals surface area contributed by atoms with E-state index in [0.717, 1.165) is 0 Å². The molecule has 3 nitrogen and oxygen atoms in total. The van der Waals surface area contributed by atoms with Gasteiger partial charge < -0.3 is 11.1 Å². The molecule has 1 rings (SSSR count). The van der Waals surface area contributed by atoms with E-state index in [-0.39, 0.29) is 17.4 Å². The van der Waals surface area contributed by atoms with Crippen LogP contribution in [0, 0.1) is 5.41 Å². The van der Waals surface area contributed by atoms with Crippen molar-refractivity contribution in [2.75, 3.05) is 5.73 Å². The van der Waals surface area contributed by atoms with Crippen LogP contribution in [0.15, 0.2) is 18.2 Å². The Morgan fingerprint density at radius 3 is 2.53 bits per heavy atom. The van der Waals surface area contributed by atoms with Gasteiger partial charge in [-0.15, -0.1) is 0 Å². The molecule has 4 heteroatoms. The maximum atomic E-state index is 12.0. The quantitative estimate of drug-likeness (QED) is 0.797. The predicted octanol–water partition coefficient (Wildman–Crippen LogP) is 3.09. The van der Waals surface area contributed by atoms with Crippen LogP contribution in [-0.2, 0) is 0 Å². The number of hydrogen-bond acceptors (Lipinski definition) is 2. The minimum absolute atomic E-state index is 0.00297. The molecule has 17 heavy (non-hydrogen) atoms. The Morgan fingerprint density at radius 2 is 2.00 bits per heavy atom. The molecule has 1 unspecified atom stereocenters. The number of anilines is 1. The second kappa shape index (κ2) is 4.96. The molecule has 0 saturated carbocycles. The number of amides is 1. The predicted molar refractivity (Wildman–Crippen MR) is 72.2 cm³/mol. The summed E-state index contributed by atoms with van der Waals surface area (Å²) < 4.78 is 0. The minimum Gasteiger partial charge on any atom is -0.397 e. The van der Waals surface area contributed by atoms with Crippen LogP contribution in [0.2, 0.25) is 5.02 Å². The summed E-state index contributed by atoms with van der Waals surface area (Å²) >= 11 is 5.88. The van der Waals surface area contributed by atoms with E-state index in [9.17, 15) is 4.79 Å². The first-order valence-corrected chi connectivity index (χ1v) is 5.96. The van der Waals surface area contributed by atoms with E-state index >= 15 is 0 Å². The highest BCUT2D eigenvalue weighted by molar-refractivity contribution is 6.33. The fourth-order valence-electron chi connectivity index (χ4n) is 1.23. The first-order valence-electron chi connectivity index (χ1n) is 5.58. The fourth-order valence-corrected chi connectivity index (χ4v) is 1.40. The van der Waals surface area contributed by atoms with Crippen molar-refractivity contribution in [1.29, 1.82) is 0 Å².